The number of hydrogen-bond acceptors (Lipinski definition) is 3. The van der Waals surface area contributed by atoms with Gasteiger partial charge in [0.25, 0.3) is 0 Å². The van der Waals surface area contributed by atoms with Crippen molar-refractivity contribution in [2.75, 3.05) is 18.0 Å². The minimum absolute atomic E-state index is 0.274. The molecular formula is C11H15BrClN3. The van der Waals surface area contributed by atoms with Gasteiger partial charge in [-0.2, -0.15) is 0 Å². The van der Waals surface area contributed by atoms with Gasteiger partial charge in [-0.05, 0) is 41.6 Å². The number of piperidine rings is 1. The van der Waals surface area contributed by atoms with Crippen molar-refractivity contribution >= 4 is 33.3 Å². The Hall–Kier alpha value is -0.350. The van der Waals surface area contributed by atoms with E-state index >= 15 is 0 Å². The maximum atomic E-state index is 6.13. The zero-order valence-electron chi connectivity index (χ0n) is 9.24. The summed E-state index contributed by atoms with van der Waals surface area (Å²) in [4.78, 5) is 10.6. The van der Waals surface area contributed by atoms with Crippen LogP contribution in [0.5, 0.6) is 0 Å². The molecule has 1 aromatic rings. The highest BCUT2D eigenvalue weighted by Crippen LogP contribution is 2.29. The normalized spacial score (nSPS) is 19.8. The van der Waals surface area contributed by atoms with Gasteiger partial charge in [-0.15, -0.1) is 11.6 Å². The number of aromatic nitrogens is 2. The van der Waals surface area contributed by atoms with Crippen molar-refractivity contribution in [3.8, 4) is 0 Å². The number of halogens is 2. The average Bonchev–Trinajstić information content (AvgIpc) is 2.30. The Bertz CT molecular complexity index is 351. The van der Waals surface area contributed by atoms with Crippen LogP contribution in [0.2, 0.25) is 0 Å². The van der Waals surface area contributed by atoms with Crippen LogP contribution in [0.25, 0.3) is 0 Å². The van der Waals surface area contributed by atoms with Crippen LogP contribution in [0.4, 0.5) is 5.82 Å². The van der Waals surface area contributed by atoms with Gasteiger partial charge < -0.3 is 4.90 Å². The molecule has 5 heteroatoms. The zero-order valence-corrected chi connectivity index (χ0v) is 11.6. The maximum Gasteiger partial charge on any atom is 0.146 e. The smallest absolute Gasteiger partial charge is 0.146 e. The fraction of sp³-hybridized carbons (Fsp3) is 0.636. The Morgan fingerprint density at radius 3 is 2.75 bits per heavy atom. The lowest BCUT2D eigenvalue weighted by Crippen LogP contribution is -2.36. The van der Waals surface area contributed by atoms with Gasteiger partial charge in [-0.1, -0.05) is 0 Å². The van der Waals surface area contributed by atoms with Crippen molar-refractivity contribution in [1.82, 2.24) is 9.97 Å². The molecule has 0 N–H and O–H groups in total. The van der Waals surface area contributed by atoms with E-state index in [9.17, 15) is 0 Å². The van der Waals surface area contributed by atoms with Crippen molar-refractivity contribution in [2.45, 2.75) is 25.1 Å². The summed E-state index contributed by atoms with van der Waals surface area (Å²) < 4.78 is 0.965. The van der Waals surface area contributed by atoms with Crippen molar-refractivity contribution in [1.29, 1.82) is 0 Å². The van der Waals surface area contributed by atoms with Crippen LogP contribution in [-0.2, 0) is 0 Å². The highest BCUT2D eigenvalue weighted by molar-refractivity contribution is 9.10. The van der Waals surface area contributed by atoms with E-state index in [-0.39, 0.29) is 5.38 Å². The lowest BCUT2D eigenvalue weighted by molar-refractivity contribution is 0.398. The molecule has 1 saturated heterocycles. The monoisotopic (exact) mass is 303 g/mol. The third kappa shape index (κ3) is 2.66. The molecule has 1 unspecified atom stereocenters. The van der Waals surface area contributed by atoms with Crippen LogP contribution in [0.15, 0.2) is 17.0 Å². The van der Waals surface area contributed by atoms with Crippen LogP contribution in [0.1, 0.15) is 19.8 Å². The largest absolute Gasteiger partial charge is 0.356 e. The Kier molecular flexibility index (Phi) is 4.03. The predicted molar refractivity (Wildman–Crippen MR) is 70.0 cm³/mol. The second kappa shape index (κ2) is 5.32. The van der Waals surface area contributed by atoms with Crippen LogP contribution in [0.3, 0.4) is 0 Å². The molecule has 2 rings (SSSR count). The molecule has 1 aliphatic heterocycles. The van der Waals surface area contributed by atoms with Crippen molar-refractivity contribution < 1.29 is 0 Å². The summed E-state index contributed by atoms with van der Waals surface area (Å²) in [6, 6.07) is 0. The summed E-state index contributed by atoms with van der Waals surface area (Å²) in [5.41, 5.74) is 0. The molecule has 1 fully saturated rings. The number of alkyl halides is 1. The first-order valence-corrected chi connectivity index (χ1v) is 6.76. The van der Waals surface area contributed by atoms with Crippen molar-refractivity contribution in [2.24, 2.45) is 5.92 Å². The molecule has 1 aromatic heterocycles. The second-order valence-electron chi connectivity index (χ2n) is 4.20. The zero-order chi connectivity index (χ0) is 11.5. The molecule has 0 aliphatic carbocycles. The van der Waals surface area contributed by atoms with Crippen LogP contribution in [0, 0.1) is 5.92 Å². The predicted octanol–water partition coefficient (Wildman–Crippen LogP) is 3.08. The molecule has 0 radical (unpaired) electrons. The first-order valence-electron chi connectivity index (χ1n) is 5.53. The highest BCUT2D eigenvalue weighted by atomic mass is 79.9. The van der Waals surface area contributed by atoms with Gasteiger partial charge in [0.2, 0.25) is 0 Å². The SMILES string of the molecule is CC(Cl)C1CCN(c2ncncc2Br)CC1. The maximum absolute atomic E-state index is 6.13. The van der Waals surface area contributed by atoms with Crippen LogP contribution >= 0.6 is 27.5 Å². The Morgan fingerprint density at radius 1 is 1.50 bits per heavy atom. The molecule has 88 valence electrons. The van der Waals surface area contributed by atoms with Gasteiger partial charge in [0.05, 0.1) is 4.47 Å². The number of nitrogens with zero attached hydrogens (tertiary/aromatic N) is 3. The molecular weight excluding hydrogens is 289 g/mol. The Balaban J connectivity index is 2.02. The summed E-state index contributed by atoms with van der Waals surface area (Å²) in [6.45, 7) is 4.14. The van der Waals surface area contributed by atoms with Gasteiger partial charge in [-0.25, -0.2) is 9.97 Å². The quantitative estimate of drug-likeness (QED) is 0.786. The molecule has 2 heterocycles. The third-order valence-corrected chi connectivity index (χ3v) is 4.05. The number of rotatable bonds is 2. The van der Waals surface area contributed by atoms with E-state index in [1.165, 1.54) is 0 Å². The van der Waals surface area contributed by atoms with E-state index in [1.807, 2.05) is 0 Å². The molecule has 3 nitrogen and oxygen atoms in total. The molecule has 0 saturated carbocycles. The average molecular weight is 305 g/mol. The molecule has 0 amide bonds. The minimum Gasteiger partial charge on any atom is -0.356 e. The standard InChI is InChI=1S/C11H15BrClN3/c1-8(13)9-2-4-16(5-3-9)11-10(12)6-14-7-15-11/h6-9H,2-5H2,1H3. The lowest BCUT2D eigenvalue weighted by atomic mass is 9.94. The minimum atomic E-state index is 0.274. The molecule has 0 bridgehead atoms. The van der Waals surface area contributed by atoms with Crippen molar-refractivity contribution in [3.05, 3.63) is 17.0 Å². The first kappa shape index (κ1) is 12.1. The molecule has 1 aliphatic rings. The molecule has 1 atom stereocenters. The second-order valence-corrected chi connectivity index (χ2v) is 5.74. The number of hydrogen-bond donors (Lipinski definition) is 0. The van der Waals surface area contributed by atoms with E-state index in [0.717, 1.165) is 36.2 Å². The van der Waals surface area contributed by atoms with E-state index in [2.05, 4.69) is 37.7 Å². The topological polar surface area (TPSA) is 29.0 Å². The van der Waals surface area contributed by atoms with Crippen molar-refractivity contribution in [3.63, 3.8) is 0 Å². The summed E-state index contributed by atoms with van der Waals surface area (Å²) in [5.74, 6) is 1.63. The van der Waals surface area contributed by atoms with Gasteiger partial charge in [-0.3, -0.25) is 0 Å². The fourth-order valence-electron chi connectivity index (χ4n) is 2.11. The van der Waals surface area contributed by atoms with E-state index in [4.69, 9.17) is 11.6 Å². The van der Waals surface area contributed by atoms with Gasteiger partial charge >= 0.3 is 0 Å². The molecule has 16 heavy (non-hydrogen) atoms. The van der Waals surface area contributed by atoms with E-state index in [1.54, 1.807) is 12.5 Å². The molecule has 0 aromatic carbocycles. The highest BCUT2D eigenvalue weighted by Gasteiger charge is 2.24. The van der Waals surface area contributed by atoms with Gasteiger partial charge in [0.15, 0.2) is 0 Å². The first-order chi connectivity index (χ1) is 7.68. The van der Waals surface area contributed by atoms with Crippen LogP contribution in [-0.4, -0.2) is 28.4 Å². The Morgan fingerprint density at radius 2 is 2.19 bits per heavy atom. The van der Waals surface area contributed by atoms with Gasteiger partial charge in [0, 0.05) is 24.7 Å². The fourth-order valence-corrected chi connectivity index (χ4v) is 2.83. The lowest BCUT2D eigenvalue weighted by Gasteiger charge is -2.34. The summed E-state index contributed by atoms with van der Waals surface area (Å²) in [7, 11) is 0. The van der Waals surface area contributed by atoms with Crippen LogP contribution < -0.4 is 4.90 Å². The number of anilines is 1. The van der Waals surface area contributed by atoms with E-state index < -0.39 is 0 Å². The van der Waals surface area contributed by atoms with Gasteiger partial charge in [0.1, 0.15) is 12.1 Å². The Labute approximate surface area is 109 Å². The summed E-state index contributed by atoms with van der Waals surface area (Å²) in [6.07, 6.45) is 5.66. The summed E-state index contributed by atoms with van der Waals surface area (Å²) >= 11 is 9.61. The molecule has 0 spiro atoms. The third-order valence-electron chi connectivity index (χ3n) is 3.14. The summed E-state index contributed by atoms with van der Waals surface area (Å²) in [5, 5.41) is 0.274. The van der Waals surface area contributed by atoms with E-state index in [0.29, 0.717) is 5.92 Å².